The number of halogens is 1. The molecule has 1 N–H and O–H groups in total. The van der Waals surface area contributed by atoms with E-state index in [9.17, 15) is 4.79 Å². The predicted molar refractivity (Wildman–Crippen MR) is 81.1 cm³/mol. The molecule has 0 saturated carbocycles. The molecule has 1 heterocycles. The van der Waals surface area contributed by atoms with Crippen molar-refractivity contribution in [1.29, 1.82) is 0 Å². The molecule has 112 valence electrons. The Hall–Kier alpha value is -1.73. The monoisotopic (exact) mass is 327 g/mol. The van der Waals surface area contributed by atoms with Gasteiger partial charge in [-0.05, 0) is 25.1 Å². The number of methoxy groups -OCH3 is 1. The number of ether oxygens (including phenoxy) is 1. The second-order valence-corrected chi connectivity index (χ2v) is 5.46. The predicted octanol–water partition coefficient (Wildman–Crippen LogP) is 2.80. The zero-order chi connectivity index (χ0) is 15.4. The van der Waals surface area contributed by atoms with Gasteiger partial charge in [0.15, 0.2) is 11.0 Å². The Morgan fingerprint density at radius 1 is 1.48 bits per heavy atom. The molecule has 0 amide bonds. The lowest BCUT2D eigenvalue weighted by Crippen LogP contribution is -2.03. The van der Waals surface area contributed by atoms with Crippen LogP contribution in [0, 0.1) is 0 Å². The molecule has 0 spiro atoms. The zero-order valence-corrected chi connectivity index (χ0v) is 13.1. The molecule has 0 fully saturated rings. The van der Waals surface area contributed by atoms with E-state index >= 15 is 0 Å². The van der Waals surface area contributed by atoms with Crippen LogP contribution in [0.3, 0.4) is 0 Å². The second-order valence-electron chi connectivity index (χ2n) is 4.08. The number of benzene rings is 1. The highest BCUT2D eigenvalue weighted by Crippen LogP contribution is 2.33. The Kier molecular flexibility index (Phi) is 5.08. The number of carboxylic acids is 1. The van der Waals surface area contributed by atoms with Gasteiger partial charge in [0, 0.05) is 11.6 Å². The van der Waals surface area contributed by atoms with E-state index in [1.54, 1.807) is 19.2 Å². The van der Waals surface area contributed by atoms with Crippen LogP contribution in [-0.2, 0) is 11.3 Å². The summed E-state index contributed by atoms with van der Waals surface area (Å²) < 4.78 is 7.17. The van der Waals surface area contributed by atoms with Crippen LogP contribution < -0.4 is 4.74 Å². The quantitative estimate of drug-likeness (QED) is 0.822. The van der Waals surface area contributed by atoms with Gasteiger partial charge in [0.25, 0.3) is 0 Å². The van der Waals surface area contributed by atoms with Gasteiger partial charge in [0.2, 0.25) is 0 Å². The van der Waals surface area contributed by atoms with Crippen LogP contribution in [0.1, 0.15) is 6.92 Å². The number of aliphatic carboxylic acids is 1. The minimum absolute atomic E-state index is 0.0596. The van der Waals surface area contributed by atoms with E-state index in [-0.39, 0.29) is 5.75 Å². The van der Waals surface area contributed by atoms with Crippen molar-refractivity contribution >= 4 is 29.3 Å². The summed E-state index contributed by atoms with van der Waals surface area (Å²) in [7, 11) is 1.56. The van der Waals surface area contributed by atoms with Crippen molar-refractivity contribution in [2.75, 3.05) is 12.9 Å². The fourth-order valence-corrected chi connectivity index (χ4v) is 2.74. The summed E-state index contributed by atoms with van der Waals surface area (Å²) in [5, 5.41) is 18.1. The van der Waals surface area contributed by atoms with Crippen LogP contribution in [0.2, 0.25) is 5.02 Å². The van der Waals surface area contributed by atoms with E-state index in [2.05, 4.69) is 10.2 Å². The molecule has 0 aliphatic rings. The third-order valence-corrected chi connectivity index (χ3v) is 3.95. The van der Waals surface area contributed by atoms with E-state index < -0.39 is 5.97 Å². The van der Waals surface area contributed by atoms with E-state index in [0.717, 1.165) is 17.3 Å². The fourth-order valence-electron chi connectivity index (χ4n) is 1.86. The van der Waals surface area contributed by atoms with Crippen molar-refractivity contribution in [3.05, 3.63) is 23.2 Å². The Labute approximate surface area is 131 Å². The molecule has 0 aliphatic heterocycles. The summed E-state index contributed by atoms with van der Waals surface area (Å²) in [6.07, 6.45) is 0. The Bertz CT molecular complexity index is 660. The average Bonchev–Trinajstić information content (AvgIpc) is 2.87. The SMILES string of the molecule is CCn1c(SCC(=O)O)nnc1-c1ccc(Cl)cc1OC. The number of rotatable bonds is 6. The molecule has 8 heteroatoms. The van der Waals surface area contributed by atoms with Gasteiger partial charge >= 0.3 is 5.97 Å². The van der Waals surface area contributed by atoms with Gasteiger partial charge in [-0.15, -0.1) is 10.2 Å². The van der Waals surface area contributed by atoms with Gasteiger partial charge in [-0.25, -0.2) is 0 Å². The fraction of sp³-hybridized carbons (Fsp3) is 0.308. The van der Waals surface area contributed by atoms with E-state index in [0.29, 0.717) is 28.3 Å². The van der Waals surface area contributed by atoms with Crippen molar-refractivity contribution < 1.29 is 14.6 Å². The third kappa shape index (κ3) is 3.48. The zero-order valence-electron chi connectivity index (χ0n) is 11.5. The van der Waals surface area contributed by atoms with Crippen molar-refractivity contribution in [2.24, 2.45) is 0 Å². The standard InChI is InChI=1S/C13H14ClN3O3S/c1-3-17-12(15-16-13(17)21-7-11(18)19)9-5-4-8(14)6-10(9)20-2/h4-6H,3,7H2,1-2H3,(H,18,19). The van der Waals surface area contributed by atoms with E-state index in [1.165, 1.54) is 0 Å². The van der Waals surface area contributed by atoms with Crippen LogP contribution >= 0.6 is 23.4 Å². The van der Waals surface area contributed by atoms with Crippen LogP contribution in [0.4, 0.5) is 0 Å². The van der Waals surface area contributed by atoms with Crippen LogP contribution in [-0.4, -0.2) is 38.7 Å². The Morgan fingerprint density at radius 3 is 2.86 bits per heavy atom. The maximum absolute atomic E-state index is 10.7. The largest absolute Gasteiger partial charge is 0.496 e. The maximum Gasteiger partial charge on any atom is 0.313 e. The minimum Gasteiger partial charge on any atom is -0.496 e. The number of thioether (sulfide) groups is 1. The Morgan fingerprint density at radius 2 is 2.24 bits per heavy atom. The summed E-state index contributed by atoms with van der Waals surface area (Å²) in [6.45, 7) is 2.57. The van der Waals surface area contributed by atoms with Crippen molar-refractivity contribution in [2.45, 2.75) is 18.6 Å². The summed E-state index contributed by atoms with van der Waals surface area (Å²) in [5.74, 6) is 0.269. The topological polar surface area (TPSA) is 77.2 Å². The minimum atomic E-state index is -0.892. The van der Waals surface area contributed by atoms with E-state index in [1.807, 2.05) is 17.6 Å². The van der Waals surface area contributed by atoms with Gasteiger partial charge in [-0.2, -0.15) is 0 Å². The molecule has 0 atom stereocenters. The first-order valence-corrected chi connectivity index (χ1v) is 7.54. The van der Waals surface area contributed by atoms with Gasteiger partial charge in [0.1, 0.15) is 5.75 Å². The molecule has 0 bridgehead atoms. The number of aromatic nitrogens is 3. The second kappa shape index (κ2) is 6.82. The third-order valence-electron chi connectivity index (χ3n) is 2.76. The van der Waals surface area contributed by atoms with E-state index in [4.69, 9.17) is 21.4 Å². The Balaban J connectivity index is 2.42. The van der Waals surface area contributed by atoms with Crippen molar-refractivity contribution in [1.82, 2.24) is 14.8 Å². The number of hydrogen-bond donors (Lipinski definition) is 1. The number of carboxylic acid groups (broad SMARTS) is 1. The molecule has 2 aromatic rings. The molecule has 1 aromatic carbocycles. The molecular formula is C13H14ClN3O3S. The highest BCUT2D eigenvalue weighted by Gasteiger charge is 2.17. The maximum atomic E-state index is 10.7. The number of hydrogen-bond acceptors (Lipinski definition) is 5. The lowest BCUT2D eigenvalue weighted by Gasteiger charge is -2.10. The van der Waals surface area contributed by atoms with Crippen molar-refractivity contribution in [3.63, 3.8) is 0 Å². The highest BCUT2D eigenvalue weighted by molar-refractivity contribution is 7.99. The molecule has 0 aliphatic carbocycles. The number of carbonyl (C=O) groups is 1. The van der Waals surface area contributed by atoms with Gasteiger partial charge in [-0.3, -0.25) is 4.79 Å². The molecule has 2 rings (SSSR count). The summed E-state index contributed by atoms with van der Waals surface area (Å²) in [4.78, 5) is 10.7. The molecular weight excluding hydrogens is 314 g/mol. The summed E-state index contributed by atoms with van der Waals surface area (Å²) in [5.41, 5.74) is 0.762. The first kappa shape index (κ1) is 15.7. The average molecular weight is 328 g/mol. The smallest absolute Gasteiger partial charge is 0.313 e. The lowest BCUT2D eigenvalue weighted by molar-refractivity contribution is -0.133. The van der Waals surface area contributed by atoms with Crippen LogP contribution in [0.15, 0.2) is 23.4 Å². The first-order chi connectivity index (χ1) is 10.1. The summed E-state index contributed by atoms with van der Waals surface area (Å²) in [6, 6.07) is 5.26. The molecule has 0 unspecified atom stereocenters. The molecule has 0 radical (unpaired) electrons. The molecule has 21 heavy (non-hydrogen) atoms. The van der Waals surface area contributed by atoms with Crippen LogP contribution in [0.25, 0.3) is 11.4 Å². The molecule has 6 nitrogen and oxygen atoms in total. The number of nitrogens with zero attached hydrogens (tertiary/aromatic N) is 3. The van der Waals surface area contributed by atoms with Gasteiger partial charge < -0.3 is 14.4 Å². The van der Waals surface area contributed by atoms with Gasteiger partial charge in [-0.1, -0.05) is 23.4 Å². The molecule has 0 saturated heterocycles. The lowest BCUT2D eigenvalue weighted by atomic mass is 10.2. The van der Waals surface area contributed by atoms with Gasteiger partial charge in [0.05, 0.1) is 18.4 Å². The normalized spacial score (nSPS) is 10.6. The van der Waals surface area contributed by atoms with Crippen molar-refractivity contribution in [3.8, 4) is 17.1 Å². The highest BCUT2D eigenvalue weighted by atomic mass is 35.5. The van der Waals surface area contributed by atoms with Crippen LogP contribution in [0.5, 0.6) is 5.75 Å². The first-order valence-electron chi connectivity index (χ1n) is 6.18. The molecule has 1 aromatic heterocycles. The summed E-state index contributed by atoms with van der Waals surface area (Å²) >= 11 is 7.09.